The van der Waals surface area contributed by atoms with Crippen molar-refractivity contribution < 1.29 is 4.52 Å². The first-order valence-corrected chi connectivity index (χ1v) is 7.91. The van der Waals surface area contributed by atoms with Crippen molar-refractivity contribution in [3.05, 3.63) is 47.6 Å². The monoisotopic (exact) mass is 297 g/mol. The van der Waals surface area contributed by atoms with Gasteiger partial charge in [-0.25, -0.2) is 0 Å². The van der Waals surface area contributed by atoms with E-state index < -0.39 is 0 Å². The van der Waals surface area contributed by atoms with Gasteiger partial charge in [-0.1, -0.05) is 35.5 Å². The molecule has 0 atom stereocenters. The smallest absolute Gasteiger partial charge is 0.268 e. The molecule has 0 radical (unpaired) electrons. The molecule has 4 nitrogen and oxygen atoms in total. The average Bonchev–Trinajstić information content (AvgIpc) is 3.14. The zero-order valence-corrected chi connectivity index (χ0v) is 12.3. The van der Waals surface area contributed by atoms with Crippen LogP contribution in [0.5, 0.6) is 0 Å². The molecule has 3 aromatic rings. The molecule has 2 aromatic heterocycles. The fourth-order valence-corrected chi connectivity index (χ4v) is 3.46. The molecule has 5 heteroatoms. The molecule has 0 bridgehead atoms. The quantitative estimate of drug-likeness (QED) is 0.798. The number of nitrogens with two attached hydrogens (primary N) is 1. The minimum atomic E-state index is -0.383. The maximum Gasteiger partial charge on any atom is 0.268 e. The third kappa shape index (κ3) is 2.09. The SMILES string of the molecule is NC1(c2noc(-c3sccc3-c3ccccc3)n2)CCC1. The number of aromatic nitrogens is 2. The Bertz CT molecular complexity index is 759. The number of thiophene rings is 1. The molecule has 1 aliphatic carbocycles. The highest BCUT2D eigenvalue weighted by Crippen LogP contribution is 2.40. The van der Waals surface area contributed by atoms with E-state index in [4.69, 9.17) is 10.3 Å². The van der Waals surface area contributed by atoms with E-state index >= 15 is 0 Å². The van der Waals surface area contributed by atoms with Gasteiger partial charge in [-0.05, 0) is 36.3 Å². The van der Waals surface area contributed by atoms with Gasteiger partial charge < -0.3 is 10.3 Å². The zero-order valence-electron chi connectivity index (χ0n) is 11.5. The summed E-state index contributed by atoms with van der Waals surface area (Å²) < 4.78 is 5.46. The van der Waals surface area contributed by atoms with E-state index in [-0.39, 0.29) is 5.54 Å². The second-order valence-electron chi connectivity index (χ2n) is 5.46. The summed E-state index contributed by atoms with van der Waals surface area (Å²) in [7, 11) is 0. The van der Waals surface area contributed by atoms with E-state index in [1.807, 2.05) is 23.6 Å². The number of nitrogens with zero attached hydrogens (tertiary/aromatic N) is 2. The third-order valence-corrected chi connectivity index (χ3v) is 4.96. The van der Waals surface area contributed by atoms with Crippen LogP contribution in [0, 0.1) is 0 Å². The summed E-state index contributed by atoms with van der Waals surface area (Å²) in [6.45, 7) is 0. The molecule has 1 fully saturated rings. The highest BCUT2D eigenvalue weighted by molar-refractivity contribution is 7.14. The molecule has 1 saturated carbocycles. The third-order valence-electron chi connectivity index (χ3n) is 4.06. The molecule has 0 aliphatic heterocycles. The summed E-state index contributed by atoms with van der Waals surface area (Å²) in [5.41, 5.74) is 8.15. The van der Waals surface area contributed by atoms with Gasteiger partial charge in [0.05, 0.1) is 5.54 Å². The fourth-order valence-electron chi connectivity index (χ4n) is 2.62. The van der Waals surface area contributed by atoms with Crippen molar-refractivity contribution in [1.29, 1.82) is 0 Å². The molecular weight excluding hydrogens is 282 g/mol. The molecule has 0 amide bonds. The highest BCUT2D eigenvalue weighted by Gasteiger charge is 2.39. The molecular formula is C16H15N3OS. The van der Waals surface area contributed by atoms with Crippen LogP contribution in [0.3, 0.4) is 0 Å². The van der Waals surface area contributed by atoms with E-state index in [2.05, 4.69) is 28.3 Å². The predicted molar refractivity (Wildman–Crippen MR) is 82.8 cm³/mol. The van der Waals surface area contributed by atoms with Crippen LogP contribution in [-0.2, 0) is 5.54 Å². The summed E-state index contributed by atoms with van der Waals surface area (Å²) in [5.74, 6) is 1.20. The van der Waals surface area contributed by atoms with E-state index in [1.54, 1.807) is 11.3 Å². The molecule has 0 spiro atoms. The molecule has 4 rings (SSSR count). The topological polar surface area (TPSA) is 64.9 Å². The first-order valence-electron chi connectivity index (χ1n) is 7.03. The van der Waals surface area contributed by atoms with Gasteiger partial charge in [0, 0.05) is 5.56 Å². The minimum absolute atomic E-state index is 0.383. The standard InChI is InChI=1S/C16H15N3OS/c17-16(8-4-9-16)15-18-14(20-19-15)13-12(7-10-21-13)11-5-2-1-3-6-11/h1-3,5-7,10H,4,8-9,17H2. The second kappa shape index (κ2) is 4.79. The van der Waals surface area contributed by atoms with Crippen molar-refractivity contribution in [3.8, 4) is 21.9 Å². The molecule has 106 valence electrons. The van der Waals surface area contributed by atoms with Crippen LogP contribution in [-0.4, -0.2) is 10.1 Å². The van der Waals surface area contributed by atoms with Crippen LogP contribution < -0.4 is 5.73 Å². The first kappa shape index (κ1) is 12.7. The lowest BCUT2D eigenvalue weighted by molar-refractivity contribution is 0.229. The van der Waals surface area contributed by atoms with Crippen LogP contribution in [0.15, 0.2) is 46.3 Å². The van der Waals surface area contributed by atoms with Crippen molar-refractivity contribution in [2.75, 3.05) is 0 Å². The van der Waals surface area contributed by atoms with Crippen molar-refractivity contribution in [1.82, 2.24) is 10.1 Å². The maximum atomic E-state index is 6.26. The van der Waals surface area contributed by atoms with Crippen LogP contribution >= 0.6 is 11.3 Å². The molecule has 2 N–H and O–H groups in total. The van der Waals surface area contributed by atoms with Gasteiger partial charge in [0.2, 0.25) is 0 Å². The minimum Gasteiger partial charge on any atom is -0.333 e. The average molecular weight is 297 g/mol. The van der Waals surface area contributed by atoms with E-state index in [0.717, 1.165) is 35.3 Å². The first-order chi connectivity index (χ1) is 10.3. The van der Waals surface area contributed by atoms with Gasteiger partial charge in [-0.15, -0.1) is 11.3 Å². The Kier molecular flexibility index (Phi) is 2.90. The molecule has 21 heavy (non-hydrogen) atoms. The summed E-state index contributed by atoms with van der Waals surface area (Å²) in [5, 5.41) is 6.14. The fraction of sp³-hybridized carbons (Fsp3) is 0.250. The predicted octanol–water partition coefficient (Wildman–Crippen LogP) is 3.80. The largest absolute Gasteiger partial charge is 0.333 e. The maximum absolute atomic E-state index is 6.26. The Morgan fingerprint density at radius 3 is 2.67 bits per heavy atom. The summed E-state index contributed by atoms with van der Waals surface area (Å²) in [4.78, 5) is 5.54. The highest BCUT2D eigenvalue weighted by atomic mass is 32.1. The second-order valence-corrected chi connectivity index (χ2v) is 6.38. The van der Waals surface area contributed by atoms with Crippen molar-refractivity contribution in [2.45, 2.75) is 24.8 Å². The van der Waals surface area contributed by atoms with Crippen LogP contribution in [0.25, 0.3) is 21.9 Å². The number of rotatable bonds is 3. The Hall–Kier alpha value is -1.98. The molecule has 1 aliphatic rings. The molecule has 1 aromatic carbocycles. The van der Waals surface area contributed by atoms with Crippen LogP contribution in [0.1, 0.15) is 25.1 Å². The molecule has 2 heterocycles. The van der Waals surface area contributed by atoms with Crippen molar-refractivity contribution >= 4 is 11.3 Å². The van der Waals surface area contributed by atoms with Gasteiger partial charge in [-0.3, -0.25) is 0 Å². The van der Waals surface area contributed by atoms with Gasteiger partial charge in [0.1, 0.15) is 4.88 Å². The number of hydrogen-bond acceptors (Lipinski definition) is 5. The summed E-state index contributed by atoms with van der Waals surface area (Å²) >= 11 is 1.61. The number of benzene rings is 1. The van der Waals surface area contributed by atoms with Gasteiger partial charge in [-0.2, -0.15) is 4.98 Å². The Labute approximate surface area is 126 Å². The summed E-state index contributed by atoms with van der Waals surface area (Å²) in [6.07, 6.45) is 3.00. The van der Waals surface area contributed by atoms with Gasteiger partial charge in [0.25, 0.3) is 5.89 Å². The zero-order chi connectivity index (χ0) is 14.3. The van der Waals surface area contributed by atoms with E-state index in [1.165, 1.54) is 0 Å². The Morgan fingerprint density at radius 2 is 1.95 bits per heavy atom. The van der Waals surface area contributed by atoms with Crippen molar-refractivity contribution in [3.63, 3.8) is 0 Å². The molecule has 0 saturated heterocycles. The van der Waals surface area contributed by atoms with Crippen molar-refractivity contribution in [2.24, 2.45) is 5.73 Å². The van der Waals surface area contributed by atoms with E-state index in [9.17, 15) is 0 Å². The lowest BCUT2D eigenvalue weighted by atomic mass is 9.77. The van der Waals surface area contributed by atoms with Gasteiger partial charge >= 0.3 is 0 Å². The van der Waals surface area contributed by atoms with Crippen LogP contribution in [0.4, 0.5) is 0 Å². The Morgan fingerprint density at radius 1 is 1.14 bits per heavy atom. The number of hydrogen-bond donors (Lipinski definition) is 1. The Balaban J connectivity index is 1.74. The van der Waals surface area contributed by atoms with E-state index in [0.29, 0.717) is 11.7 Å². The molecule has 0 unspecified atom stereocenters. The lowest BCUT2D eigenvalue weighted by Gasteiger charge is -2.34. The lowest BCUT2D eigenvalue weighted by Crippen LogP contribution is -2.44. The summed E-state index contributed by atoms with van der Waals surface area (Å²) in [6, 6.07) is 12.3. The van der Waals surface area contributed by atoms with Gasteiger partial charge in [0.15, 0.2) is 5.82 Å². The van der Waals surface area contributed by atoms with Crippen LogP contribution in [0.2, 0.25) is 0 Å². The normalized spacial score (nSPS) is 16.6.